The van der Waals surface area contributed by atoms with Crippen molar-refractivity contribution in [2.75, 3.05) is 7.11 Å². The lowest BCUT2D eigenvalue weighted by atomic mass is 10.00. The second-order valence-corrected chi connectivity index (χ2v) is 12.2. The number of aliphatic hydroxyl groups is 5. The second kappa shape index (κ2) is 23.0. The maximum atomic E-state index is 13.1. The standard InChI is InChI=1S/C32H60O13/c1-6-8-10-12-14-16-22(18-24(33)34)43-25(35)19-23(17-15-13-11-9-7-2)44-32(29(39)26(36)20(3)41-5)45-31-30(40)28(38)27(37)21(4)42-31/h20-23,26-32,36-40H,6-19H2,1-5H3,(H,33,34)/t20?,21?,22?,23-,26?,27?,28?,29?,30?,31?,32?/m1/s1. The van der Waals surface area contributed by atoms with Gasteiger partial charge in [0.25, 0.3) is 0 Å². The summed E-state index contributed by atoms with van der Waals surface area (Å²) in [6.07, 6.45) is -5.13. The minimum atomic E-state index is -1.74. The maximum absolute atomic E-state index is 13.1. The molecule has 1 aliphatic heterocycles. The van der Waals surface area contributed by atoms with Gasteiger partial charge >= 0.3 is 11.9 Å². The molecule has 0 aromatic carbocycles. The molecule has 0 aromatic heterocycles. The molecule has 0 bridgehead atoms. The summed E-state index contributed by atoms with van der Waals surface area (Å²) in [6.45, 7) is 7.18. The van der Waals surface area contributed by atoms with E-state index in [0.717, 1.165) is 57.8 Å². The lowest BCUT2D eigenvalue weighted by Gasteiger charge is -2.41. The van der Waals surface area contributed by atoms with Crippen molar-refractivity contribution in [2.24, 2.45) is 0 Å². The SMILES string of the molecule is CCCCCCCC(CC(=O)O)OC(=O)C[C@@H](CCCCCCC)OC(OC1OC(C)C(O)C(O)C1O)C(O)C(O)C(C)OC. The molecule has 1 heterocycles. The van der Waals surface area contributed by atoms with Gasteiger partial charge in [0.1, 0.15) is 36.6 Å². The third kappa shape index (κ3) is 15.8. The summed E-state index contributed by atoms with van der Waals surface area (Å²) in [4.78, 5) is 24.6. The topological polar surface area (TPSA) is 202 Å². The molecule has 45 heavy (non-hydrogen) atoms. The highest BCUT2D eigenvalue weighted by molar-refractivity contribution is 5.72. The molecule has 1 saturated heterocycles. The summed E-state index contributed by atoms with van der Waals surface area (Å²) in [5.41, 5.74) is 0. The molecule has 10 unspecified atom stereocenters. The Labute approximate surface area is 268 Å². The zero-order valence-electron chi connectivity index (χ0n) is 27.8. The summed E-state index contributed by atoms with van der Waals surface area (Å²) in [5.74, 6) is -1.75. The Bertz CT molecular complexity index is 799. The van der Waals surface area contributed by atoms with Gasteiger partial charge in [0.2, 0.25) is 0 Å². The monoisotopic (exact) mass is 652 g/mol. The highest BCUT2D eigenvalue weighted by atomic mass is 16.8. The molecule has 0 saturated carbocycles. The van der Waals surface area contributed by atoms with Gasteiger partial charge in [-0.3, -0.25) is 9.59 Å². The van der Waals surface area contributed by atoms with Crippen LogP contribution in [0.4, 0.5) is 0 Å². The first-order chi connectivity index (χ1) is 21.4. The Morgan fingerprint density at radius 3 is 1.87 bits per heavy atom. The van der Waals surface area contributed by atoms with Crippen LogP contribution in [0.1, 0.15) is 118 Å². The number of hydrogen-bond acceptors (Lipinski definition) is 12. The third-order valence-corrected chi connectivity index (χ3v) is 8.24. The third-order valence-electron chi connectivity index (χ3n) is 8.24. The summed E-state index contributed by atoms with van der Waals surface area (Å²) >= 11 is 0. The van der Waals surface area contributed by atoms with E-state index >= 15 is 0 Å². The molecule has 0 aliphatic carbocycles. The molecule has 11 atom stereocenters. The number of carbonyl (C=O) groups is 2. The minimum absolute atomic E-state index is 0.284. The molecule has 0 spiro atoms. The number of carbonyl (C=O) groups excluding carboxylic acids is 1. The van der Waals surface area contributed by atoms with Crippen molar-refractivity contribution in [3.63, 3.8) is 0 Å². The highest BCUT2D eigenvalue weighted by Crippen LogP contribution is 2.27. The average Bonchev–Trinajstić information content (AvgIpc) is 3.00. The summed E-state index contributed by atoms with van der Waals surface area (Å²) in [7, 11) is 1.34. The van der Waals surface area contributed by atoms with Crippen molar-refractivity contribution in [1.29, 1.82) is 0 Å². The first kappa shape index (κ1) is 41.6. The van der Waals surface area contributed by atoms with E-state index in [1.807, 2.05) is 0 Å². The van der Waals surface area contributed by atoms with Crippen LogP contribution >= 0.6 is 0 Å². The molecule has 13 heteroatoms. The quantitative estimate of drug-likeness (QED) is 0.0478. The number of methoxy groups -OCH3 is 1. The first-order valence-electron chi connectivity index (χ1n) is 16.7. The Balaban J connectivity index is 3.14. The molecular formula is C32H60O13. The number of aliphatic carboxylic acids is 1. The van der Waals surface area contributed by atoms with Crippen LogP contribution in [0.25, 0.3) is 0 Å². The summed E-state index contributed by atoms with van der Waals surface area (Å²) < 4.78 is 28.2. The van der Waals surface area contributed by atoms with E-state index < -0.39 is 79.5 Å². The van der Waals surface area contributed by atoms with E-state index in [2.05, 4.69) is 13.8 Å². The number of esters is 1. The molecule has 1 rings (SSSR count). The van der Waals surface area contributed by atoms with Crippen LogP contribution in [0.2, 0.25) is 0 Å². The van der Waals surface area contributed by atoms with E-state index in [1.54, 1.807) is 0 Å². The fourth-order valence-electron chi connectivity index (χ4n) is 5.21. The van der Waals surface area contributed by atoms with Crippen LogP contribution in [0, 0.1) is 0 Å². The van der Waals surface area contributed by atoms with Crippen molar-refractivity contribution in [3.05, 3.63) is 0 Å². The molecule has 266 valence electrons. The zero-order valence-corrected chi connectivity index (χ0v) is 27.8. The molecule has 6 N–H and O–H groups in total. The van der Waals surface area contributed by atoms with Gasteiger partial charge < -0.3 is 54.3 Å². The Morgan fingerprint density at radius 2 is 1.33 bits per heavy atom. The number of carboxylic acid groups (broad SMARTS) is 1. The smallest absolute Gasteiger partial charge is 0.308 e. The molecule has 1 fully saturated rings. The fraction of sp³-hybridized carbons (Fsp3) is 0.938. The first-order valence-corrected chi connectivity index (χ1v) is 16.7. The van der Waals surface area contributed by atoms with Gasteiger partial charge in [-0.25, -0.2) is 0 Å². The lowest BCUT2D eigenvalue weighted by molar-refractivity contribution is -0.354. The minimum Gasteiger partial charge on any atom is -0.481 e. The normalized spacial score (nSPS) is 26.0. The van der Waals surface area contributed by atoms with Crippen molar-refractivity contribution in [2.45, 2.75) is 185 Å². The Morgan fingerprint density at radius 1 is 0.778 bits per heavy atom. The van der Waals surface area contributed by atoms with Crippen molar-refractivity contribution in [1.82, 2.24) is 0 Å². The van der Waals surface area contributed by atoms with Gasteiger partial charge in [-0.05, 0) is 33.1 Å². The molecule has 0 aromatic rings. The number of rotatable bonds is 25. The van der Waals surface area contributed by atoms with Crippen LogP contribution < -0.4 is 0 Å². The van der Waals surface area contributed by atoms with Crippen molar-refractivity contribution in [3.8, 4) is 0 Å². The van der Waals surface area contributed by atoms with Crippen LogP contribution in [0.15, 0.2) is 0 Å². The number of hydrogen-bond donors (Lipinski definition) is 6. The fourth-order valence-corrected chi connectivity index (χ4v) is 5.21. The maximum Gasteiger partial charge on any atom is 0.308 e. The summed E-state index contributed by atoms with van der Waals surface area (Å²) in [5, 5.41) is 62.1. The van der Waals surface area contributed by atoms with Gasteiger partial charge in [-0.1, -0.05) is 71.6 Å². The predicted molar refractivity (Wildman–Crippen MR) is 164 cm³/mol. The van der Waals surface area contributed by atoms with Gasteiger partial charge in [0.15, 0.2) is 12.6 Å². The number of unbranched alkanes of at least 4 members (excludes halogenated alkanes) is 8. The van der Waals surface area contributed by atoms with E-state index in [4.69, 9.17) is 23.7 Å². The molecule has 1 aliphatic rings. The highest BCUT2D eigenvalue weighted by Gasteiger charge is 2.45. The number of carboxylic acids is 1. The van der Waals surface area contributed by atoms with Crippen LogP contribution in [0.5, 0.6) is 0 Å². The van der Waals surface area contributed by atoms with Crippen molar-refractivity contribution < 1.29 is 63.9 Å². The Hall–Kier alpha value is -1.42. The van der Waals surface area contributed by atoms with Crippen LogP contribution in [-0.4, -0.2) is 117 Å². The van der Waals surface area contributed by atoms with Gasteiger partial charge in [-0.2, -0.15) is 0 Å². The number of ether oxygens (including phenoxy) is 5. The van der Waals surface area contributed by atoms with E-state index in [1.165, 1.54) is 21.0 Å². The summed E-state index contributed by atoms with van der Waals surface area (Å²) in [6, 6.07) is 0. The van der Waals surface area contributed by atoms with Gasteiger partial charge in [-0.15, -0.1) is 0 Å². The second-order valence-electron chi connectivity index (χ2n) is 12.2. The lowest BCUT2D eigenvalue weighted by Crippen LogP contribution is -2.59. The largest absolute Gasteiger partial charge is 0.481 e. The molecule has 0 amide bonds. The number of aliphatic hydroxyl groups excluding tert-OH is 5. The molecule has 0 radical (unpaired) electrons. The van der Waals surface area contributed by atoms with Gasteiger partial charge in [0, 0.05) is 7.11 Å². The van der Waals surface area contributed by atoms with E-state index in [0.29, 0.717) is 19.3 Å². The van der Waals surface area contributed by atoms with E-state index in [-0.39, 0.29) is 12.8 Å². The van der Waals surface area contributed by atoms with Crippen molar-refractivity contribution >= 4 is 11.9 Å². The molecular weight excluding hydrogens is 592 g/mol. The van der Waals surface area contributed by atoms with Gasteiger partial charge in [0.05, 0.1) is 31.2 Å². The van der Waals surface area contributed by atoms with Crippen LogP contribution in [0.3, 0.4) is 0 Å². The zero-order chi connectivity index (χ0) is 33.9. The predicted octanol–water partition coefficient (Wildman–Crippen LogP) is 2.80. The average molecular weight is 653 g/mol. The Kier molecular flexibility index (Phi) is 21.3. The molecule has 13 nitrogen and oxygen atoms in total. The van der Waals surface area contributed by atoms with E-state index in [9.17, 15) is 40.2 Å². The van der Waals surface area contributed by atoms with Crippen LogP contribution in [-0.2, 0) is 33.3 Å².